The van der Waals surface area contributed by atoms with Crippen LogP contribution in [0.4, 0.5) is 0 Å². The molecule has 5 nitrogen and oxygen atoms in total. The molecule has 0 saturated carbocycles. The molecule has 0 spiro atoms. The van der Waals surface area contributed by atoms with Crippen molar-refractivity contribution in [3.63, 3.8) is 0 Å². The number of likely N-dealkylation sites (tertiary alicyclic amines) is 1. The lowest BCUT2D eigenvalue weighted by atomic mass is 9.99. The topological polar surface area (TPSA) is 69.6 Å². The van der Waals surface area contributed by atoms with Gasteiger partial charge in [-0.2, -0.15) is 0 Å². The zero-order valence-corrected chi connectivity index (χ0v) is 11.5. The summed E-state index contributed by atoms with van der Waals surface area (Å²) in [7, 11) is 0. The monoisotopic (exact) mass is 256 g/mol. The van der Waals surface area contributed by atoms with Gasteiger partial charge in [-0.05, 0) is 19.3 Å². The molecule has 2 N–H and O–H groups in total. The van der Waals surface area contributed by atoms with Crippen LogP contribution < -0.4 is 5.32 Å². The standard InChI is InChI=1S/C13H24N2O3/c1-4-15-8-10(7-12(15)17)13(18)14-11(5-6-16)9(2)3/h9-11,16H,4-8H2,1-3H3,(H,14,18). The fraction of sp³-hybridized carbons (Fsp3) is 0.846. The van der Waals surface area contributed by atoms with E-state index in [2.05, 4.69) is 5.32 Å². The quantitative estimate of drug-likeness (QED) is 0.722. The third-order valence-electron chi connectivity index (χ3n) is 3.54. The van der Waals surface area contributed by atoms with E-state index in [1.54, 1.807) is 4.90 Å². The van der Waals surface area contributed by atoms with Crippen molar-refractivity contribution < 1.29 is 14.7 Å². The molecule has 1 rings (SSSR count). The highest BCUT2D eigenvalue weighted by molar-refractivity contribution is 5.89. The second-order valence-electron chi connectivity index (χ2n) is 5.20. The number of carbonyl (C=O) groups is 2. The highest BCUT2D eigenvalue weighted by atomic mass is 16.3. The van der Waals surface area contributed by atoms with E-state index in [1.807, 2.05) is 20.8 Å². The van der Waals surface area contributed by atoms with Crippen LogP contribution in [-0.4, -0.2) is 47.6 Å². The summed E-state index contributed by atoms with van der Waals surface area (Å²) in [5, 5.41) is 11.9. The van der Waals surface area contributed by atoms with Crippen molar-refractivity contribution >= 4 is 11.8 Å². The molecule has 1 heterocycles. The van der Waals surface area contributed by atoms with Gasteiger partial charge in [0.2, 0.25) is 11.8 Å². The lowest BCUT2D eigenvalue weighted by Crippen LogP contribution is -2.43. The third-order valence-corrected chi connectivity index (χ3v) is 3.54. The van der Waals surface area contributed by atoms with Crippen LogP contribution in [0.3, 0.4) is 0 Å². The Morgan fingerprint density at radius 1 is 1.56 bits per heavy atom. The van der Waals surface area contributed by atoms with Crippen LogP contribution in [-0.2, 0) is 9.59 Å². The maximum Gasteiger partial charge on any atom is 0.225 e. The van der Waals surface area contributed by atoms with Crippen LogP contribution in [0.1, 0.15) is 33.6 Å². The number of aliphatic hydroxyl groups excluding tert-OH is 1. The van der Waals surface area contributed by atoms with E-state index in [0.717, 1.165) is 0 Å². The van der Waals surface area contributed by atoms with Gasteiger partial charge in [-0.3, -0.25) is 9.59 Å². The number of aliphatic hydroxyl groups is 1. The van der Waals surface area contributed by atoms with Crippen molar-refractivity contribution in [3.05, 3.63) is 0 Å². The van der Waals surface area contributed by atoms with Crippen molar-refractivity contribution in [1.82, 2.24) is 10.2 Å². The van der Waals surface area contributed by atoms with Crippen molar-refractivity contribution in [2.45, 2.75) is 39.7 Å². The molecule has 0 aliphatic carbocycles. The average Bonchev–Trinajstić information content (AvgIpc) is 2.69. The first-order chi connectivity index (χ1) is 8.49. The maximum absolute atomic E-state index is 12.1. The first kappa shape index (κ1) is 15.0. The van der Waals surface area contributed by atoms with Gasteiger partial charge in [0, 0.05) is 32.2 Å². The first-order valence-electron chi connectivity index (χ1n) is 6.68. The lowest BCUT2D eigenvalue weighted by molar-refractivity contribution is -0.129. The zero-order chi connectivity index (χ0) is 13.7. The summed E-state index contributed by atoms with van der Waals surface area (Å²) in [5.41, 5.74) is 0. The Labute approximate surface area is 109 Å². The smallest absolute Gasteiger partial charge is 0.225 e. The Morgan fingerprint density at radius 3 is 2.67 bits per heavy atom. The lowest BCUT2D eigenvalue weighted by Gasteiger charge is -2.23. The molecule has 5 heteroatoms. The molecule has 18 heavy (non-hydrogen) atoms. The molecule has 2 atom stereocenters. The van der Waals surface area contributed by atoms with Gasteiger partial charge in [0.25, 0.3) is 0 Å². The second-order valence-corrected chi connectivity index (χ2v) is 5.20. The van der Waals surface area contributed by atoms with E-state index >= 15 is 0 Å². The van der Waals surface area contributed by atoms with Crippen LogP contribution >= 0.6 is 0 Å². The number of hydrogen-bond donors (Lipinski definition) is 2. The van der Waals surface area contributed by atoms with Gasteiger partial charge in [0.15, 0.2) is 0 Å². The molecular formula is C13H24N2O3. The molecule has 0 aromatic rings. The van der Waals surface area contributed by atoms with Gasteiger partial charge in [0.1, 0.15) is 0 Å². The Bertz CT molecular complexity index is 305. The van der Waals surface area contributed by atoms with Crippen molar-refractivity contribution in [2.24, 2.45) is 11.8 Å². The number of carbonyl (C=O) groups excluding carboxylic acids is 2. The van der Waals surface area contributed by atoms with Crippen LogP contribution in [0.25, 0.3) is 0 Å². The van der Waals surface area contributed by atoms with E-state index in [4.69, 9.17) is 5.11 Å². The van der Waals surface area contributed by atoms with E-state index in [1.165, 1.54) is 0 Å². The van der Waals surface area contributed by atoms with E-state index < -0.39 is 0 Å². The number of rotatable bonds is 6. The van der Waals surface area contributed by atoms with E-state index in [0.29, 0.717) is 25.9 Å². The van der Waals surface area contributed by atoms with Gasteiger partial charge in [-0.25, -0.2) is 0 Å². The fourth-order valence-corrected chi connectivity index (χ4v) is 2.27. The Kier molecular flexibility index (Phi) is 5.59. The summed E-state index contributed by atoms with van der Waals surface area (Å²) >= 11 is 0. The zero-order valence-electron chi connectivity index (χ0n) is 11.5. The summed E-state index contributed by atoms with van der Waals surface area (Å²) in [5.74, 6) is 0.0326. The van der Waals surface area contributed by atoms with Crippen molar-refractivity contribution in [3.8, 4) is 0 Å². The van der Waals surface area contributed by atoms with Crippen LogP contribution in [0.5, 0.6) is 0 Å². The Hall–Kier alpha value is -1.10. The summed E-state index contributed by atoms with van der Waals surface area (Å²) < 4.78 is 0. The Balaban J connectivity index is 2.52. The van der Waals surface area contributed by atoms with Gasteiger partial charge in [-0.15, -0.1) is 0 Å². The van der Waals surface area contributed by atoms with E-state index in [-0.39, 0.29) is 36.3 Å². The predicted octanol–water partition coefficient (Wildman–Crippen LogP) is 0.378. The minimum atomic E-state index is -0.239. The third kappa shape index (κ3) is 3.70. The molecule has 0 aromatic heterocycles. The molecule has 0 bridgehead atoms. The number of amides is 2. The van der Waals surface area contributed by atoms with Crippen LogP contribution in [0, 0.1) is 11.8 Å². The van der Waals surface area contributed by atoms with Crippen molar-refractivity contribution in [1.29, 1.82) is 0 Å². The molecule has 1 fully saturated rings. The van der Waals surface area contributed by atoms with Gasteiger partial charge in [0.05, 0.1) is 5.92 Å². The number of nitrogens with zero attached hydrogens (tertiary/aromatic N) is 1. The van der Waals surface area contributed by atoms with Gasteiger partial charge in [-0.1, -0.05) is 13.8 Å². The minimum absolute atomic E-state index is 0.0201. The van der Waals surface area contributed by atoms with Gasteiger partial charge < -0.3 is 15.3 Å². The normalized spacial score (nSPS) is 21.5. The maximum atomic E-state index is 12.1. The molecule has 1 saturated heterocycles. The van der Waals surface area contributed by atoms with Crippen LogP contribution in [0.15, 0.2) is 0 Å². The molecule has 0 radical (unpaired) electrons. The molecule has 2 unspecified atom stereocenters. The van der Waals surface area contributed by atoms with Crippen molar-refractivity contribution in [2.75, 3.05) is 19.7 Å². The van der Waals surface area contributed by atoms with E-state index in [9.17, 15) is 9.59 Å². The number of nitrogens with one attached hydrogen (secondary N) is 1. The molecule has 104 valence electrons. The molecule has 1 aliphatic rings. The summed E-state index contributed by atoms with van der Waals surface area (Å²) in [6.07, 6.45) is 0.866. The summed E-state index contributed by atoms with van der Waals surface area (Å²) in [4.78, 5) is 25.4. The molecule has 1 aliphatic heterocycles. The summed E-state index contributed by atoms with van der Waals surface area (Å²) in [6, 6.07) is -0.0201. The SMILES string of the molecule is CCN1CC(C(=O)NC(CCO)C(C)C)CC1=O. The Morgan fingerprint density at radius 2 is 2.22 bits per heavy atom. The number of hydrogen-bond acceptors (Lipinski definition) is 3. The highest BCUT2D eigenvalue weighted by Crippen LogP contribution is 2.18. The minimum Gasteiger partial charge on any atom is -0.396 e. The molecular weight excluding hydrogens is 232 g/mol. The largest absolute Gasteiger partial charge is 0.396 e. The predicted molar refractivity (Wildman–Crippen MR) is 68.8 cm³/mol. The highest BCUT2D eigenvalue weighted by Gasteiger charge is 2.34. The second kappa shape index (κ2) is 6.73. The first-order valence-corrected chi connectivity index (χ1v) is 6.68. The summed E-state index contributed by atoms with van der Waals surface area (Å²) in [6.45, 7) is 7.18. The molecule has 0 aromatic carbocycles. The average molecular weight is 256 g/mol. The van der Waals surface area contributed by atoms with Gasteiger partial charge >= 0.3 is 0 Å². The van der Waals surface area contributed by atoms with Crippen LogP contribution in [0.2, 0.25) is 0 Å². The molecule has 2 amide bonds. The fourth-order valence-electron chi connectivity index (χ4n) is 2.27.